The van der Waals surface area contributed by atoms with Crippen LogP contribution in [0.5, 0.6) is 0 Å². The number of hydrogen-bond donors (Lipinski definition) is 3. The molecule has 0 bridgehead atoms. The lowest BCUT2D eigenvalue weighted by molar-refractivity contribution is 0.389. The summed E-state index contributed by atoms with van der Waals surface area (Å²) in [6.07, 6.45) is 0. The van der Waals surface area contributed by atoms with E-state index in [0.717, 1.165) is 11.8 Å². The molecule has 1 aromatic rings. The second-order valence-electron chi connectivity index (χ2n) is 2.36. The van der Waals surface area contributed by atoms with E-state index in [0.29, 0.717) is 17.5 Å². The summed E-state index contributed by atoms with van der Waals surface area (Å²) in [5.41, 5.74) is 10.2. The lowest BCUT2D eigenvalue weighted by Gasteiger charge is -1.94. The Balaban J connectivity index is 2.41. The van der Waals surface area contributed by atoms with Gasteiger partial charge >= 0.3 is 0 Å². The van der Waals surface area contributed by atoms with Gasteiger partial charge in [-0.1, -0.05) is 16.9 Å². The van der Waals surface area contributed by atoms with Gasteiger partial charge in [0.05, 0.1) is 5.75 Å². The molecule has 1 aromatic heterocycles. The highest BCUT2D eigenvalue weighted by molar-refractivity contribution is 8.13. The van der Waals surface area contributed by atoms with Crippen molar-refractivity contribution >= 4 is 22.9 Å². The molecule has 7 nitrogen and oxygen atoms in total. The molecule has 8 heteroatoms. The lowest BCUT2D eigenvalue weighted by atomic mass is 10.7. The van der Waals surface area contributed by atoms with Gasteiger partial charge in [0.15, 0.2) is 17.0 Å². The van der Waals surface area contributed by atoms with E-state index in [-0.39, 0.29) is 11.1 Å². The first-order valence-corrected chi connectivity index (χ1v) is 4.66. The maximum Gasteiger partial charge on any atom is 0.223 e. The standard InChI is InChI=1S/C6H10N6OS/c1-3-10-4(12-13-3)2-14-6(9)11-5(7)8/h2H2,1H3,(H5,7,8,9,11). The quantitative estimate of drug-likeness (QED) is 0.463. The van der Waals surface area contributed by atoms with E-state index < -0.39 is 0 Å². The van der Waals surface area contributed by atoms with Gasteiger partial charge in [0, 0.05) is 6.92 Å². The Hall–Kier alpha value is -1.57. The van der Waals surface area contributed by atoms with E-state index in [1.165, 1.54) is 0 Å². The van der Waals surface area contributed by atoms with E-state index in [2.05, 4.69) is 15.1 Å². The molecule has 0 fully saturated rings. The number of aromatic nitrogens is 2. The summed E-state index contributed by atoms with van der Waals surface area (Å²) >= 11 is 1.12. The first kappa shape index (κ1) is 10.5. The van der Waals surface area contributed by atoms with Crippen LogP contribution in [-0.4, -0.2) is 21.3 Å². The molecule has 76 valence electrons. The predicted molar refractivity (Wildman–Crippen MR) is 53.9 cm³/mol. The SMILES string of the molecule is Cc1nc(CSC(=N)N=C(N)N)no1. The van der Waals surface area contributed by atoms with E-state index in [4.69, 9.17) is 21.4 Å². The molecule has 0 amide bonds. The van der Waals surface area contributed by atoms with E-state index in [9.17, 15) is 0 Å². The molecule has 0 spiro atoms. The van der Waals surface area contributed by atoms with Crippen LogP contribution in [-0.2, 0) is 5.75 Å². The summed E-state index contributed by atoms with van der Waals surface area (Å²) in [6.45, 7) is 1.70. The van der Waals surface area contributed by atoms with Crippen LogP contribution in [0.25, 0.3) is 0 Å². The number of hydrogen-bond acceptors (Lipinski definition) is 5. The fourth-order valence-corrected chi connectivity index (χ4v) is 1.24. The van der Waals surface area contributed by atoms with E-state index in [1.54, 1.807) is 6.92 Å². The Kier molecular flexibility index (Phi) is 3.46. The predicted octanol–water partition coefficient (Wildman–Crippen LogP) is -0.181. The minimum absolute atomic E-state index is 0.0208. The number of guanidine groups is 1. The molecular formula is C6H10N6OS. The Morgan fingerprint density at radius 1 is 1.64 bits per heavy atom. The summed E-state index contributed by atoms with van der Waals surface area (Å²) in [4.78, 5) is 7.49. The van der Waals surface area contributed by atoms with Crippen LogP contribution < -0.4 is 11.5 Å². The molecule has 0 radical (unpaired) electrons. The highest BCUT2D eigenvalue weighted by atomic mass is 32.2. The Morgan fingerprint density at radius 2 is 2.36 bits per heavy atom. The third kappa shape index (κ3) is 3.44. The van der Waals surface area contributed by atoms with Crippen LogP contribution in [0.3, 0.4) is 0 Å². The van der Waals surface area contributed by atoms with Crippen molar-refractivity contribution in [3.8, 4) is 0 Å². The molecule has 14 heavy (non-hydrogen) atoms. The summed E-state index contributed by atoms with van der Waals surface area (Å²) in [6, 6.07) is 0. The Bertz CT molecular complexity index is 355. The fourth-order valence-electron chi connectivity index (χ4n) is 0.682. The van der Waals surface area contributed by atoms with Crippen molar-refractivity contribution in [2.75, 3.05) is 0 Å². The number of aryl methyl sites for hydroxylation is 1. The van der Waals surface area contributed by atoms with Crippen molar-refractivity contribution in [2.45, 2.75) is 12.7 Å². The number of nitrogens with zero attached hydrogens (tertiary/aromatic N) is 3. The molecule has 0 saturated carbocycles. The van der Waals surface area contributed by atoms with Crippen molar-refractivity contribution in [1.82, 2.24) is 10.1 Å². The summed E-state index contributed by atoms with van der Waals surface area (Å²) in [7, 11) is 0. The smallest absolute Gasteiger partial charge is 0.223 e. The second-order valence-corrected chi connectivity index (χ2v) is 3.32. The second kappa shape index (κ2) is 4.61. The van der Waals surface area contributed by atoms with Crippen LogP contribution in [0.1, 0.15) is 11.7 Å². The largest absolute Gasteiger partial charge is 0.370 e. The molecule has 0 aliphatic carbocycles. The van der Waals surface area contributed by atoms with Crippen LogP contribution in [0, 0.1) is 12.3 Å². The molecule has 1 heterocycles. The minimum atomic E-state index is -0.133. The molecule has 0 aromatic carbocycles. The van der Waals surface area contributed by atoms with Crippen molar-refractivity contribution in [3.05, 3.63) is 11.7 Å². The first-order valence-electron chi connectivity index (χ1n) is 3.68. The normalized spacial score (nSPS) is 9.79. The van der Waals surface area contributed by atoms with Gasteiger partial charge in [0.2, 0.25) is 5.89 Å². The van der Waals surface area contributed by atoms with Gasteiger partial charge in [0.25, 0.3) is 0 Å². The maximum absolute atomic E-state index is 7.30. The number of thioether (sulfide) groups is 1. The highest BCUT2D eigenvalue weighted by Crippen LogP contribution is 2.10. The van der Waals surface area contributed by atoms with Gasteiger partial charge < -0.3 is 16.0 Å². The van der Waals surface area contributed by atoms with Crippen LogP contribution in [0.15, 0.2) is 9.52 Å². The van der Waals surface area contributed by atoms with Gasteiger partial charge in [-0.25, -0.2) is 0 Å². The van der Waals surface area contributed by atoms with Crippen LogP contribution in [0.4, 0.5) is 0 Å². The monoisotopic (exact) mass is 214 g/mol. The zero-order chi connectivity index (χ0) is 10.6. The van der Waals surface area contributed by atoms with Gasteiger partial charge in [-0.3, -0.25) is 5.41 Å². The molecule has 1 rings (SSSR count). The van der Waals surface area contributed by atoms with Gasteiger partial charge in [-0.05, 0) is 0 Å². The third-order valence-corrected chi connectivity index (χ3v) is 1.91. The maximum atomic E-state index is 7.30. The van der Waals surface area contributed by atoms with Gasteiger partial charge in [0.1, 0.15) is 0 Å². The van der Waals surface area contributed by atoms with Crippen molar-refractivity contribution in [1.29, 1.82) is 5.41 Å². The average molecular weight is 214 g/mol. The van der Waals surface area contributed by atoms with Gasteiger partial charge in [-0.15, -0.1) is 0 Å². The van der Waals surface area contributed by atoms with Crippen LogP contribution in [0.2, 0.25) is 0 Å². The minimum Gasteiger partial charge on any atom is -0.370 e. The number of nitrogens with two attached hydrogens (primary N) is 2. The third-order valence-electron chi connectivity index (χ3n) is 1.14. The lowest BCUT2D eigenvalue weighted by Crippen LogP contribution is -2.23. The zero-order valence-corrected chi connectivity index (χ0v) is 8.34. The molecule has 0 saturated heterocycles. The van der Waals surface area contributed by atoms with Gasteiger partial charge in [-0.2, -0.15) is 9.98 Å². The summed E-state index contributed by atoms with van der Waals surface area (Å²) in [5.74, 6) is 1.29. The molecule has 5 N–H and O–H groups in total. The fraction of sp³-hybridized carbons (Fsp3) is 0.333. The average Bonchev–Trinajstić information content (AvgIpc) is 2.47. The van der Waals surface area contributed by atoms with Crippen molar-refractivity contribution < 1.29 is 4.52 Å². The number of rotatable bonds is 2. The molecule has 0 atom stereocenters. The molecule has 0 aliphatic heterocycles. The zero-order valence-electron chi connectivity index (χ0n) is 7.52. The summed E-state index contributed by atoms with van der Waals surface area (Å²) < 4.78 is 4.75. The summed E-state index contributed by atoms with van der Waals surface area (Å²) in [5, 5.41) is 11.0. The topological polar surface area (TPSA) is 127 Å². The van der Waals surface area contributed by atoms with E-state index >= 15 is 0 Å². The molecule has 0 aliphatic rings. The first-order chi connectivity index (χ1) is 6.58. The molecular weight excluding hydrogens is 204 g/mol. The van der Waals surface area contributed by atoms with Crippen molar-refractivity contribution in [3.63, 3.8) is 0 Å². The van der Waals surface area contributed by atoms with Crippen LogP contribution >= 0.6 is 11.8 Å². The number of nitrogens with one attached hydrogen (secondary N) is 1. The molecule has 0 unspecified atom stereocenters. The van der Waals surface area contributed by atoms with E-state index in [1.807, 2.05) is 0 Å². The Morgan fingerprint density at radius 3 is 2.86 bits per heavy atom. The van der Waals surface area contributed by atoms with Crippen molar-refractivity contribution in [2.24, 2.45) is 16.5 Å². The Labute approximate surface area is 84.5 Å². The number of amidine groups is 1. The highest BCUT2D eigenvalue weighted by Gasteiger charge is 2.04. The number of aliphatic imine (C=N–C) groups is 1.